The molecule has 0 aliphatic carbocycles. The molecule has 1 saturated heterocycles. The molecule has 2 atom stereocenters. The van der Waals surface area contributed by atoms with Gasteiger partial charge in [0, 0.05) is 19.6 Å². The molecule has 2 unspecified atom stereocenters. The monoisotopic (exact) mass is 325 g/mol. The maximum atomic E-state index is 11.3. The van der Waals surface area contributed by atoms with Crippen LogP contribution in [0.2, 0.25) is 5.28 Å². The lowest BCUT2D eigenvalue weighted by Crippen LogP contribution is -2.52. The summed E-state index contributed by atoms with van der Waals surface area (Å²) in [5, 5.41) is 12.1. The molecule has 1 fully saturated rings. The summed E-state index contributed by atoms with van der Waals surface area (Å²) in [4.78, 5) is 2.38. The first-order chi connectivity index (χ1) is 11.2. The zero-order valence-electron chi connectivity index (χ0n) is 13.7. The Morgan fingerprint density at radius 3 is 2.39 bits per heavy atom. The molecule has 120 valence electrons. The maximum Gasteiger partial charge on any atom is 0.217 e. The summed E-state index contributed by atoms with van der Waals surface area (Å²) in [6.45, 7) is 3.26. The summed E-state index contributed by atoms with van der Waals surface area (Å²) in [6, 6.07) is 20.5. The molecule has 23 heavy (non-hydrogen) atoms. The molecule has 1 N–H and O–H groups in total. The molecule has 4 heteroatoms. The van der Waals surface area contributed by atoms with Crippen molar-refractivity contribution in [3.05, 3.63) is 71.8 Å². The van der Waals surface area contributed by atoms with E-state index in [2.05, 4.69) is 29.2 Å². The average molecular weight is 325 g/mol. The molecule has 3 nitrogen and oxygen atoms in total. The van der Waals surface area contributed by atoms with Gasteiger partial charge in [-0.05, 0) is 11.1 Å². The molecule has 2 aromatic carbocycles. The van der Waals surface area contributed by atoms with Crippen LogP contribution in [0, 0.1) is 0 Å². The van der Waals surface area contributed by atoms with Crippen LogP contribution in [0.25, 0.3) is 0 Å². The minimum Gasteiger partial charge on any atom is -0.384 e. The minimum atomic E-state index is -0.872. The lowest BCUT2D eigenvalue weighted by atomic mass is 9.88. The van der Waals surface area contributed by atoms with Gasteiger partial charge in [0.05, 0.1) is 6.61 Å². The Labute approximate surface area is 146 Å². The van der Waals surface area contributed by atoms with Gasteiger partial charge in [-0.2, -0.15) is 0 Å². The van der Waals surface area contributed by atoms with Crippen LogP contribution in [0.1, 0.15) is 11.1 Å². The van der Waals surface area contributed by atoms with Crippen molar-refractivity contribution in [3.8, 4) is 0 Å². The van der Waals surface area contributed by atoms with Crippen LogP contribution < -0.4 is 0 Å². The highest BCUT2D eigenvalue weighted by Gasteiger charge is 2.40. The smallest absolute Gasteiger partial charge is 0.217 e. The number of nitrogens with zero attached hydrogens (tertiary/aromatic N) is 1. The SMILES string of the molecule is OC([CH2][AlH2])(c1ccccc1)C1CN(Cc2ccccc2)CCO1. The third-order valence-corrected chi connectivity index (χ3v) is 5.82. The van der Waals surface area contributed by atoms with Gasteiger partial charge in [-0.1, -0.05) is 65.9 Å². The molecule has 2 aromatic rings. The summed E-state index contributed by atoms with van der Waals surface area (Å²) >= 11 is 0.937. The Bertz CT molecular complexity index is 607. The van der Waals surface area contributed by atoms with Crippen molar-refractivity contribution in [3.63, 3.8) is 0 Å². The largest absolute Gasteiger partial charge is 0.384 e. The predicted molar refractivity (Wildman–Crippen MR) is 95.1 cm³/mol. The topological polar surface area (TPSA) is 32.7 Å². The molecule has 0 radical (unpaired) electrons. The first-order valence-electron chi connectivity index (χ1n) is 8.38. The molecular formula is C19H24AlNO2. The van der Waals surface area contributed by atoms with Gasteiger partial charge in [-0.25, -0.2) is 0 Å². The first-order valence-corrected chi connectivity index (χ1v) is 9.79. The Morgan fingerprint density at radius 2 is 1.74 bits per heavy atom. The number of hydrogen-bond acceptors (Lipinski definition) is 3. The number of benzene rings is 2. The predicted octanol–water partition coefficient (Wildman–Crippen LogP) is 1.83. The Morgan fingerprint density at radius 1 is 1.09 bits per heavy atom. The van der Waals surface area contributed by atoms with Crippen LogP contribution >= 0.6 is 0 Å². The standard InChI is InChI=1S/C19H22NO2.Al.2H/c1-19(21,17-10-6-3-7-11-17)18-15-20(12-13-22-18)14-16-8-4-2-5-9-16;;;/h2-11,18,21H,1,12-15H2;;;. The first kappa shape index (κ1) is 16.7. The van der Waals surface area contributed by atoms with E-state index >= 15 is 0 Å². The summed E-state index contributed by atoms with van der Waals surface area (Å²) in [7, 11) is 0. The van der Waals surface area contributed by atoms with Gasteiger partial charge < -0.3 is 9.84 Å². The molecule has 3 rings (SSSR count). The third-order valence-electron chi connectivity index (χ3n) is 4.74. The van der Waals surface area contributed by atoms with E-state index in [0.29, 0.717) is 6.61 Å². The van der Waals surface area contributed by atoms with Gasteiger partial charge in [0.25, 0.3) is 0 Å². The van der Waals surface area contributed by atoms with Crippen LogP contribution in [0.3, 0.4) is 0 Å². The van der Waals surface area contributed by atoms with E-state index in [4.69, 9.17) is 4.74 Å². The average Bonchev–Trinajstić information content (AvgIpc) is 2.63. The van der Waals surface area contributed by atoms with Gasteiger partial charge in [0.2, 0.25) is 16.3 Å². The van der Waals surface area contributed by atoms with Gasteiger partial charge in [0.15, 0.2) is 0 Å². The van der Waals surface area contributed by atoms with E-state index in [1.54, 1.807) is 0 Å². The Kier molecular flexibility index (Phi) is 5.53. The zero-order chi connectivity index (χ0) is 16.1. The number of rotatable bonds is 5. The summed E-state index contributed by atoms with van der Waals surface area (Å²) in [6.07, 6.45) is -0.167. The van der Waals surface area contributed by atoms with Crippen molar-refractivity contribution in [1.29, 1.82) is 0 Å². The second-order valence-electron chi connectivity index (χ2n) is 6.22. The summed E-state index contributed by atoms with van der Waals surface area (Å²) in [5.41, 5.74) is 1.41. The Balaban J connectivity index is 1.74. The van der Waals surface area contributed by atoms with Gasteiger partial charge in [0.1, 0.15) is 11.7 Å². The lowest BCUT2D eigenvalue weighted by molar-refractivity contribution is -0.141. The van der Waals surface area contributed by atoms with Gasteiger partial charge >= 0.3 is 0 Å². The fourth-order valence-corrected chi connectivity index (χ4v) is 4.18. The quantitative estimate of drug-likeness (QED) is 0.852. The number of aliphatic hydroxyl groups is 1. The van der Waals surface area contributed by atoms with Crippen LogP contribution in [0.5, 0.6) is 0 Å². The van der Waals surface area contributed by atoms with Crippen molar-refractivity contribution >= 4 is 16.3 Å². The van der Waals surface area contributed by atoms with Crippen molar-refractivity contribution in [2.24, 2.45) is 0 Å². The lowest BCUT2D eigenvalue weighted by Gasteiger charge is -2.42. The van der Waals surface area contributed by atoms with Crippen molar-refractivity contribution < 1.29 is 9.84 Å². The normalized spacial score (nSPS) is 21.7. The van der Waals surface area contributed by atoms with Crippen molar-refractivity contribution in [2.45, 2.75) is 23.5 Å². The highest BCUT2D eigenvalue weighted by Crippen LogP contribution is 2.32. The summed E-state index contributed by atoms with van der Waals surface area (Å²) in [5.74, 6) is 0. The van der Waals surface area contributed by atoms with E-state index in [9.17, 15) is 5.11 Å². The van der Waals surface area contributed by atoms with Gasteiger partial charge in [-0.3, -0.25) is 4.90 Å². The van der Waals surface area contributed by atoms with E-state index in [0.717, 1.165) is 46.8 Å². The van der Waals surface area contributed by atoms with E-state index in [1.165, 1.54) is 5.56 Å². The van der Waals surface area contributed by atoms with Crippen molar-refractivity contribution in [1.82, 2.24) is 4.90 Å². The molecule has 1 aliphatic rings. The molecule has 0 spiro atoms. The van der Waals surface area contributed by atoms with Crippen LogP contribution in [0.15, 0.2) is 60.7 Å². The molecule has 1 heterocycles. The van der Waals surface area contributed by atoms with Crippen LogP contribution in [-0.4, -0.2) is 52.1 Å². The van der Waals surface area contributed by atoms with Crippen molar-refractivity contribution in [2.75, 3.05) is 19.7 Å². The van der Waals surface area contributed by atoms with E-state index in [1.807, 2.05) is 36.4 Å². The second kappa shape index (κ2) is 7.61. The fourth-order valence-electron chi connectivity index (χ4n) is 3.32. The van der Waals surface area contributed by atoms with Crippen LogP contribution in [-0.2, 0) is 16.9 Å². The molecule has 1 aliphatic heterocycles. The van der Waals surface area contributed by atoms with E-state index in [-0.39, 0.29) is 6.10 Å². The fraction of sp³-hybridized carbons (Fsp3) is 0.368. The van der Waals surface area contributed by atoms with Gasteiger partial charge in [-0.15, -0.1) is 0 Å². The number of ether oxygens (including phenoxy) is 1. The highest BCUT2D eigenvalue weighted by atomic mass is 27.0. The second-order valence-corrected chi connectivity index (χ2v) is 6.93. The number of morpholine rings is 1. The van der Waals surface area contributed by atoms with Crippen LogP contribution in [0.4, 0.5) is 0 Å². The molecule has 0 aromatic heterocycles. The third kappa shape index (κ3) is 3.85. The van der Waals surface area contributed by atoms with E-state index < -0.39 is 5.60 Å². The zero-order valence-corrected chi connectivity index (χ0v) is 15.7. The molecular weight excluding hydrogens is 301 g/mol. The maximum absolute atomic E-state index is 11.3. The Hall–Kier alpha value is -1.15. The molecule has 0 bridgehead atoms. The minimum absolute atomic E-state index is 0.167. The highest BCUT2D eigenvalue weighted by molar-refractivity contribution is 6.09. The molecule has 0 saturated carbocycles. The summed E-state index contributed by atoms with van der Waals surface area (Å²) < 4.78 is 5.99. The number of hydrogen-bond donors (Lipinski definition) is 1. The molecule has 0 amide bonds.